The maximum absolute atomic E-state index is 15.0. The molecule has 0 saturated carbocycles. The standard InChI is InChI=1S/C34H34F2N6O4S/c1-4-38-33(45)39-22-15-13-21(14-16-22)30-25(19-40(3)18-17-28(43)37-2)29-31(44)42(23-9-6-5-7-10-23)34(46)41(32(29)47-30)20-24-26(35)11-8-12-27(24)36/h5-16H,4,17-20H2,1-3H3,(H,37,43)(H2,38,39,45). The summed E-state index contributed by atoms with van der Waals surface area (Å²) in [7, 11) is 3.37. The van der Waals surface area contributed by atoms with Crippen LogP contribution in [0.5, 0.6) is 0 Å². The summed E-state index contributed by atoms with van der Waals surface area (Å²) >= 11 is 1.16. The average Bonchev–Trinajstić information content (AvgIpc) is 3.43. The Labute approximate surface area is 273 Å². The Balaban J connectivity index is 1.76. The smallest absolute Gasteiger partial charge is 0.337 e. The van der Waals surface area contributed by atoms with Crippen molar-refractivity contribution in [2.75, 3.05) is 32.5 Å². The van der Waals surface area contributed by atoms with Crippen LogP contribution < -0.4 is 27.2 Å². The number of para-hydroxylation sites is 1. The second-order valence-corrected chi connectivity index (χ2v) is 11.9. The normalized spacial score (nSPS) is 11.2. The molecule has 0 aliphatic carbocycles. The van der Waals surface area contributed by atoms with Crippen molar-refractivity contribution in [3.8, 4) is 16.1 Å². The molecule has 0 radical (unpaired) electrons. The minimum atomic E-state index is -0.816. The van der Waals surface area contributed by atoms with E-state index in [4.69, 9.17) is 0 Å². The Morgan fingerprint density at radius 2 is 1.60 bits per heavy atom. The van der Waals surface area contributed by atoms with E-state index in [-0.39, 0.29) is 40.7 Å². The lowest BCUT2D eigenvalue weighted by Gasteiger charge is -2.18. The van der Waals surface area contributed by atoms with Crippen molar-refractivity contribution >= 4 is 39.2 Å². The van der Waals surface area contributed by atoms with E-state index in [1.54, 1.807) is 61.6 Å². The molecular weight excluding hydrogens is 626 g/mol. The van der Waals surface area contributed by atoms with Crippen molar-refractivity contribution in [3.05, 3.63) is 116 Å². The van der Waals surface area contributed by atoms with Crippen LogP contribution in [0.25, 0.3) is 26.3 Å². The third-order valence-corrected chi connectivity index (χ3v) is 8.94. The fourth-order valence-electron chi connectivity index (χ4n) is 5.25. The number of hydrogen-bond acceptors (Lipinski definition) is 6. The number of nitrogens with zero attached hydrogens (tertiary/aromatic N) is 3. The van der Waals surface area contributed by atoms with Crippen LogP contribution in [-0.2, 0) is 17.9 Å². The minimum absolute atomic E-state index is 0.144. The molecule has 0 bridgehead atoms. The van der Waals surface area contributed by atoms with Crippen LogP contribution in [0, 0.1) is 11.6 Å². The zero-order valence-electron chi connectivity index (χ0n) is 26.1. The Bertz CT molecular complexity index is 2020. The highest BCUT2D eigenvalue weighted by Crippen LogP contribution is 2.38. The van der Waals surface area contributed by atoms with Gasteiger partial charge in [0, 0.05) is 49.2 Å². The van der Waals surface area contributed by atoms with Gasteiger partial charge < -0.3 is 20.9 Å². The summed E-state index contributed by atoms with van der Waals surface area (Å²) in [5, 5.41) is 8.25. The summed E-state index contributed by atoms with van der Waals surface area (Å²) in [5.74, 6) is -1.78. The van der Waals surface area contributed by atoms with Gasteiger partial charge in [-0.1, -0.05) is 36.4 Å². The number of fused-ring (bicyclic) bond motifs is 1. The van der Waals surface area contributed by atoms with E-state index >= 15 is 0 Å². The molecule has 0 aliphatic heterocycles. The molecular formula is C34H34F2N6O4S. The molecule has 2 aromatic heterocycles. The highest BCUT2D eigenvalue weighted by atomic mass is 32.1. The second-order valence-electron chi connectivity index (χ2n) is 10.9. The van der Waals surface area contributed by atoms with Gasteiger partial charge in [0.2, 0.25) is 5.91 Å². The van der Waals surface area contributed by atoms with Crippen molar-refractivity contribution in [1.82, 2.24) is 24.7 Å². The monoisotopic (exact) mass is 660 g/mol. The minimum Gasteiger partial charge on any atom is -0.359 e. The summed E-state index contributed by atoms with van der Waals surface area (Å²) in [4.78, 5) is 55.3. The van der Waals surface area contributed by atoms with Crippen LogP contribution in [0.3, 0.4) is 0 Å². The lowest BCUT2D eigenvalue weighted by Crippen LogP contribution is -2.39. The first-order chi connectivity index (χ1) is 22.6. The number of benzene rings is 3. The number of urea groups is 1. The molecule has 244 valence electrons. The summed E-state index contributed by atoms with van der Waals surface area (Å²) < 4.78 is 32.2. The van der Waals surface area contributed by atoms with Crippen LogP contribution in [0.2, 0.25) is 0 Å². The summed E-state index contributed by atoms with van der Waals surface area (Å²) in [5.41, 5.74) is 0.505. The summed E-state index contributed by atoms with van der Waals surface area (Å²) in [6.07, 6.45) is 0.218. The zero-order valence-corrected chi connectivity index (χ0v) is 26.9. The number of aromatic nitrogens is 2. The molecule has 47 heavy (non-hydrogen) atoms. The van der Waals surface area contributed by atoms with Gasteiger partial charge in [0.05, 0.1) is 17.6 Å². The molecule has 0 fully saturated rings. The second kappa shape index (κ2) is 14.5. The zero-order chi connectivity index (χ0) is 33.7. The van der Waals surface area contributed by atoms with E-state index in [9.17, 15) is 28.0 Å². The van der Waals surface area contributed by atoms with Crippen molar-refractivity contribution in [2.24, 2.45) is 0 Å². The molecule has 0 aliphatic rings. The topological polar surface area (TPSA) is 117 Å². The summed E-state index contributed by atoms with van der Waals surface area (Å²) in [6, 6.07) is 18.5. The molecule has 10 nitrogen and oxygen atoms in total. The predicted octanol–water partition coefficient (Wildman–Crippen LogP) is 4.92. The van der Waals surface area contributed by atoms with Gasteiger partial charge in [0.1, 0.15) is 16.5 Å². The van der Waals surface area contributed by atoms with E-state index in [1.165, 1.54) is 10.6 Å². The molecule has 0 unspecified atom stereocenters. The predicted molar refractivity (Wildman–Crippen MR) is 180 cm³/mol. The molecule has 3 amide bonds. The van der Waals surface area contributed by atoms with Crippen molar-refractivity contribution in [2.45, 2.75) is 26.4 Å². The van der Waals surface area contributed by atoms with Crippen molar-refractivity contribution in [3.63, 3.8) is 0 Å². The first kappa shape index (κ1) is 33.2. The number of rotatable bonds is 11. The van der Waals surface area contributed by atoms with E-state index in [2.05, 4.69) is 16.0 Å². The Kier molecular flexibility index (Phi) is 10.3. The van der Waals surface area contributed by atoms with Crippen molar-refractivity contribution < 1.29 is 18.4 Å². The number of carbonyl (C=O) groups is 2. The number of halogens is 2. The van der Waals surface area contributed by atoms with Gasteiger partial charge in [0.25, 0.3) is 5.56 Å². The Morgan fingerprint density at radius 1 is 0.915 bits per heavy atom. The number of thiophene rings is 1. The van der Waals surface area contributed by atoms with Crippen LogP contribution in [-0.4, -0.2) is 53.2 Å². The summed E-state index contributed by atoms with van der Waals surface area (Å²) in [6.45, 7) is 2.41. The number of hydrogen-bond donors (Lipinski definition) is 3. The van der Waals surface area contributed by atoms with E-state index < -0.39 is 29.4 Å². The van der Waals surface area contributed by atoms with Crippen molar-refractivity contribution in [1.29, 1.82) is 0 Å². The van der Waals surface area contributed by atoms with Crippen LogP contribution in [0.1, 0.15) is 24.5 Å². The van der Waals surface area contributed by atoms with E-state index in [0.717, 1.165) is 28.0 Å². The highest BCUT2D eigenvalue weighted by molar-refractivity contribution is 7.22. The third kappa shape index (κ3) is 7.16. The SMILES string of the molecule is CCNC(=O)Nc1ccc(-c2sc3c(c2CN(C)CCC(=O)NC)c(=O)n(-c2ccccc2)c(=O)n3Cc2c(F)cccc2F)cc1. The van der Waals surface area contributed by atoms with E-state index in [0.29, 0.717) is 40.5 Å². The van der Waals surface area contributed by atoms with Gasteiger partial charge in [-0.15, -0.1) is 11.3 Å². The largest absolute Gasteiger partial charge is 0.359 e. The molecule has 0 spiro atoms. The molecule has 3 N–H and O–H groups in total. The molecule has 5 rings (SSSR count). The van der Waals surface area contributed by atoms with Gasteiger partial charge in [-0.05, 0) is 61.5 Å². The number of anilines is 1. The number of nitrogens with one attached hydrogen (secondary N) is 3. The average molecular weight is 661 g/mol. The first-order valence-corrected chi connectivity index (χ1v) is 15.8. The maximum Gasteiger partial charge on any atom is 0.337 e. The van der Waals surface area contributed by atoms with E-state index in [1.807, 2.05) is 18.9 Å². The fourth-order valence-corrected chi connectivity index (χ4v) is 6.55. The van der Waals surface area contributed by atoms with Gasteiger partial charge >= 0.3 is 11.7 Å². The number of carbonyl (C=O) groups excluding carboxylic acids is 2. The molecule has 0 atom stereocenters. The van der Waals surface area contributed by atoms with Crippen LogP contribution >= 0.6 is 11.3 Å². The lowest BCUT2D eigenvalue weighted by atomic mass is 10.1. The first-order valence-electron chi connectivity index (χ1n) is 15.0. The lowest BCUT2D eigenvalue weighted by molar-refractivity contribution is -0.120. The Morgan fingerprint density at radius 3 is 2.23 bits per heavy atom. The maximum atomic E-state index is 15.0. The molecule has 2 heterocycles. The molecule has 0 saturated heterocycles. The molecule has 5 aromatic rings. The highest BCUT2D eigenvalue weighted by Gasteiger charge is 2.25. The Hall–Kier alpha value is -5.14. The van der Waals surface area contributed by atoms with Crippen LogP contribution in [0.4, 0.5) is 19.3 Å². The quantitative estimate of drug-likeness (QED) is 0.186. The van der Waals surface area contributed by atoms with Gasteiger partial charge in [-0.25, -0.2) is 22.9 Å². The van der Waals surface area contributed by atoms with Gasteiger partial charge in [-0.2, -0.15) is 0 Å². The number of amides is 3. The molecule has 3 aromatic carbocycles. The van der Waals surface area contributed by atoms with Gasteiger partial charge in [-0.3, -0.25) is 14.2 Å². The van der Waals surface area contributed by atoms with Gasteiger partial charge in [0.15, 0.2) is 0 Å². The fraction of sp³-hybridized carbons (Fsp3) is 0.235. The van der Waals surface area contributed by atoms with Crippen LogP contribution in [0.15, 0.2) is 82.4 Å². The molecule has 13 heteroatoms. The third-order valence-electron chi connectivity index (χ3n) is 7.63.